The second-order valence-electron chi connectivity index (χ2n) is 5.34. The van der Waals surface area contributed by atoms with Gasteiger partial charge in [0, 0.05) is 18.2 Å². The van der Waals surface area contributed by atoms with Crippen molar-refractivity contribution >= 4 is 11.4 Å². The Kier molecular flexibility index (Phi) is 2.69. The summed E-state index contributed by atoms with van der Waals surface area (Å²) in [6, 6.07) is 3.85. The third kappa shape index (κ3) is 1.94. The van der Waals surface area contributed by atoms with E-state index in [1.165, 1.54) is 31.4 Å². The highest BCUT2D eigenvalue weighted by Crippen LogP contribution is 2.46. The van der Waals surface area contributed by atoms with Crippen molar-refractivity contribution in [1.29, 1.82) is 0 Å². The fourth-order valence-corrected chi connectivity index (χ4v) is 3.40. The number of hydrogen-bond acceptors (Lipinski definition) is 3. The van der Waals surface area contributed by atoms with E-state index in [-0.39, 0.29) is 11.7 Å². The van der Waals surface area contributed by atoms with E-state index in [4.69, 9.17) is 0 Å². The van der Waals surface area contributed by atoms with Crippen molar-refractivity contribution in [3.63, 3.8) is 0 Å². The first-order valence-electron chi connectivity index (χ1n) is 6.34. The fraction of sp³-hybridized carbons (Fsp3) is 0.538. The Morgan fingerprint density at radius 1 is 1.33 bits per heavy atom. The Morgan fingerprint density at radius 2 is 2.17 bits per heavy atom. The third-order valence-electron chi connectivity index (χ3n) is 4.23. The molecule has 1 N–H and O–H groups in total. The highest BCUT2D eigenvalue weighted by molar-refractivity contribution is 5.62. The minimum atomic E-state index is -0.463. The van der Waals surface area contributed by atoms with Gasteiger partial charge in [-0.2, -0.15) is 0 Å². The van der Waals surface area contributed by atoms with Gasteiger partial charge in [0.25, 0.3) is 5.69 Å². The van der Waals surface area contributed by atoms with Gasteiger partial charge < -0.3 is 5.32 Å². The smallest absolute Gasteiger partial charge is 0.292 e. The van der Waals surface area contributed by atoms with Crippen molar-refractivity contribution in [2.24, 2.45) is 11.8 Å². The highest BCUT2D eigenvalue weighted by atomic mass is 19.1. The molecule has 0 heterocycles. The average Bonchev–Trinajstić information content (AvgIpc) is 2.90. The van der Waals surface area contributed by atoms with Gasteiger partial charge in [-0.3, -0.25) is 10.1 Å². The first-order chi connectivity index (χ1) is 8.63. The van der Waals surface area contributed by atoms with Crippen LogP contribution in [-0.2, 0) is 0 Å². The van der Waals surface area contributed by atoms with Gasteiger partial charge in [-0.1, -0.05) is 6.42 Å². The summed E-state index contributed by atoms with van der Waals surface area (Å²) in [5.74, 6) is 0.907. The summed E-state index contributed by atoms with van der Waals surface area (Å²) in [6.07, 6.45) is 4.72. The molecule has 2 fully saturated rings. The van der Waals surface area contributed by atoms with E-state index < -0.39 is 10.7 Å². The maximum atomic E-state index is 13.2. The largest absolute Gasteiger partial charge is 0.376 e. The second kappa shape index (κ2) is 4.23. The van der Waals surface area contributed by atoms with Crippen LogP contribution in [0.15, 0.2) is 18.2 Å². The van der Waals surface area contributed by atoms with Crippen LogP contribution < -0.4 is 5.32 Å². The van der Waals surface area contributed by atoms with Gasteiger partial charge in [0.05, 0.1) is 4.92 Å². The van der Waals surface area contributed by atoms with Crippen molar-refractivity contribution in [3.05, 3.63) is 34.1 Å². The topological polar surface area (TPSA) is 55.2 Å². The van der Waals surface area contributed by atoms with E-state index in [1.807, 2.05) is 0 Å². The van der Waals surface area contributed by atoms with Gasteiger partial charge in [-0.15, -0.1) is 0 Å². The normalized spacial score (nSPS) is 29.5. The van der Waals surface area contributed by atoms with Crippen LogP contribution in [0.4, 0.5) is 15.8 Å². The zero-order valence-corrected chi connectivity index (χ0v) is 9.93. The monoisotopic (exact) mass is 250 g/mol. The average molecular weight is 250 g/mol. The Bertz CT molecular complexity index is 492. The van der Waals surface area contributed by atoms with Gasteiger partial charge >= 0.3 is 0 Å². The van der Waals surface area contributed by atoms with Crippen LogP contribution in [0.2, 0.25) is 0 Å². The predicted octanol–water partition coefficient (Wildman–Crippen LogP) is 3.33. The molecule has 1 aromatic carbocycles. The molecule has 3 unspecified atom stereocenters. The van der Waals surface area contributed by atoms with Crippen LogP contribution in [0.3, 0.4) is 0 Å². The first kappa shape index (κ1) is 11.4. The Balaban J connectivity index is 1.83. The van der Waals surface area contributed by atoms with Crippen molar-refractivity contribution in [2.45, 2.75) is 31.7 Å². The van der Waals surface area contributed by atoms with Crippen LogP contribution in [0, 0.1) is 27.8 Å². The zero-order chi connectivity index (χ0) is 12.7. The molecular weight excluding hydrogens is 235 g/mol. The summed E-state index contributed by atoms with van der Waals surface area (Å²) in [5, 5.41) is 14.1. The maximum Gasteiger partial charge on any atom is 0.292 e. The van der Waals surface area contributed by atoms with Crippen LogP contribution in [-0.4, -0.2) is 11.0 Å². The van der Waals surface area contributed by atoms with Crippen molar-refractivity contribution in [2.75, 3.05) is 5.32 Å². The number of halogens is 1. The highest BCUT2D eigenvalue weighted by Gasteiger charge is 2.40. The first-order valence-corrected chi connectivity index (χ1v) is 6.34. The van der Waals surface area contributed by atoms with E-state index in [0.29, 0.717) is 11.6 Å². The van der Waals surface area contributed by atoms with E-state index in [9.17, 15) is 14.5 Å². The summed E-state index contributed by atoms with van der Waals surface area (Å²) in [7, 11) is 0. The number of anilines is 1. The molecule has 18 heavy (non-hydrogen) atoms. The number of fused-ring (bicyclic) bond motifs is 2. The van der Waals surface area contributed by atoms with E-state index in [1.54, 1.807) is 0 Å². The second-order valence-corrected chi connectivity index (χ2v) is 5.34. The summed E-state index contributed by atoms with van der Waals surface area (Å²) in [4.78, 5) is 10.4. The van der Waals surface area contributed by atoms with Crippen LogP contribution in [0.25, 0.3) is 0 Å². The summed E-state index contributed by atoms with van der Waals surface area (Å²) in [6.45, 7) is 0. The zero-order valence-electron chi connectivity index (χ0n) is 9.93. The van der Waals surface area contributed by atoms with Crippen LogP contribution in [0.5, 0.6) is 0 Å². The SMILES string of the molecule is O=[N+]([O-])c1ccc(F)cc1NC1CC2CCC1C2. The molecule has 5 heteroatoms. The van der Waals surface area contributed by atoms with Gasteiger partial charge in [0.2, 0.25) is 0 Å². The molecule has 2 aliphatic rings. The number of nitro groups is 1. The number of nitrogens with zero attached hydrogens (tertiary/aromatic N) is 1. The summed E-state index contributed by atoms with van der Waals surface area (Å²) >= 11 is 0. The molecule has 3 rings (SSSR count). The molecule has 2 aliphatic carbocycles. The summed E-state index contributed by atoms with van der Waals surface area (Å²) < 4.78 is 13.2. The molecule has 0 amide bonds. The number of hydrogen-bond donors (Lipinski definition) is 1. The minimum Gasteiger partial charge on any atom is -0.376 e. The van der Waals surface area contributed by atoms with Gasteiger partial charge in [0.1, 0.15) is 11.5 Å². The van der Waals surface area contributed by atoms with E-state index in [2.05, 4.69) is 5.32 Å². The number of nitro benzene ring substituents is 1. The quantitative estimate of drug-likeness (QED) is 0.661. The van der Waals surface area contributed by atoms with Gasteiger partial charge in [-0.25, -0.2) is 4.39 Å². The molecule has 0 saturated heterocycles. The lowest BCUT2D eigenvalue weighted by Crippen LogP contribution is -2.26. The standard InChI is InChI=1S/C13H15FN2O2/c14-10-3-4-13(16(17)18)12(7-10)15-11-6-8-1-2-9(11)5-8/h3-4,7-9,11,15H,1-2,5-6H2. The van der Waals surface area contributed by atoms with Gasteiger partial charge in [0.15, 0.2) is 0 Å². The molecule has 0 radical (unpaired) electrons. The molecule has 2 saturated carbocycles. The predicted molar refractivity (Wildman–Crippen MR) is 65.9 cm³/mol. The number of nitrogens with one attached hydrogen (secondary N) is 1. The van der Waals surface area contributed by atoms with E-state index >= 15 is 0 Å². The Labute approximate surface area is 104 Å². The van der Waals surface area contributed by atoms with Crippen LogP contribution >= 0.6 is 0 Å². The summed E-state index contributed by atoms with van der Waals surface area (Å²) in [5.41, 5.74) is 0.275. The molecule has 0 aliphatic heterocycles. The van der Waals surface area contributed by atoms with Crippen molar-refractivity contribution in [3.8, 4) is 0 Å². The molecule has 4 nitrogen and oxygen atoms in total. The lowest BCUT2D eigenvalue weighted by Gasteiger charge is -2.23. The lowest BCUT2D eigenvalue weighted by atomic mass is 9.95. The van der Waals surface area contributed by atoms with Crippen LogP contribution in [0.1, 0.15) is 25.7 Å². The Morgan fingerprint density at radius 3 is 2.78 bits per heavy atom. The van der Waals surface area contributed by atoms with Crippen molar-refractivity contribution in [1.82, 2.24) is 0 Å². The number of rotatable bonds is 3. The number of benzene rings is 1. The van der Waals surface area contributed by atoms with Crippen molar-refractivity contribution < 1.29 is 9.31 Å². The van der Waals surface area contributed by atoms with Gasteiger partial charge in [-0.05, 0) is 37.2 Å². The van der Waals surface area contributed by atoms with E-state index in [0.717, 1.165) is 18.4 Å². The lowest BCUT2D eigenvalue weighted by molar-refractivity contribution is -0.384. The minimum absolute atomic E-state index is 0.0424. The molecule has 0 spiro atoms. The molecule has 1 aromatic rings. The molecule has 96 valence electrons. The third-order valence-corrected chi connectivity index (χ3v) is 4.23. The molecule has 3 atom stereocenters. The fourth-order valence-electron chi connectivity index (χ4n) is 3.40. The maximum absolute atomic E-state index is 13.2. The molecular formula is C13H15FN2O2. The Hall–Kier alpha value is -1.65. The molecule has 0 aromatic heterocycles. The molecule has 2 bridgehead atoms.